The monoisotopic (exact) mass is 456 g/mol. The summed E-state index contributed by atoms with van der Waals surface area (Å²) >= 11 is 0. The first-order valence-corrected chi connectivity index (χ1v) is 10.1. The van der Waals surface area contributed by atoms with Gasteiger partial charge in [0.15, 0.2) is 5.88 Å². The van der Waals surface area contributed by atoms with Crippen molar-refractivity contribution >= 4 is 28.0 Å². The quantitative estimate of drug-likeness (QED) is 0.181. The van der Waals surface area contributed by atoms with E-state index in [4.69, 9.17) is 4.99 Å². The Balaban J connectivity index is 1.69. The number of nitrogens with one attached hydrogen (secondary N) is 3. The third kappa shape index (κ3) is 3.56. The molecule has 5 rings (SSSR count). The molecule has 3 aromatic carbocycles. The van der Waals surface area contributed by atoms with Crippen LogP contribution in [0.15, 0.2) is 87.4 Å². The van der Waals surface area contributed by atoms with Crippen LogP contribution in [0.3, 0.4) is 0 Å². The van der Waals surface area contributed by atoms with Crippen LogP contribution < -0.4 is 11.4 Å². The molecule has 0 spiro atoms. The summed E-state index contributed by atoms with van der Waals surface area (Å²) < 4.78 is 0.941. The molecule has 0 amide bonds. The Labute approximate surface area is 189 Å². The molecule has 5 aromatic rings. The highest BCUT2D eigenvalue weighted by Gasteiger charge is 2.21. The van der Waals surface area contributed by atoms with Crippen molar-refractivity contribution in [2.24, 2.45) is 4.99 Å². The molecule has 11 heteroatoms. The summed E-state index contributed by atoms with van der Waals surface area (Å²) in [5, 5.41) is 26.9. The lowest BCUT2D eigenvalue weighted by Crippen LogP contribution is -2.24. The summed E-state index contributed by atoms with van der Waals surface area (Å²) in [4.78, 5) is 42.1. The van der Waals surface area contributed by atoms with E-state index < -0.39 is 16.3 Å². The molecule has 168 valence electrons. The minimum atomic E-state index is -0.600. The zero-order valence-corrected chi connectivity index (χ0v) is 17.4. The van der Waals surface area contributed by atoms with Crippen LogP contribution in [0, 0.1) is 10.1 Å². The van der Waals surface area contributed by atoms with Crippen LogP contribution in [0.4, 0.5) is 11.4 Å². The summed E-state index contributed by atoms with van der Waals surface area (Å²) in [6, 6.07) is 19.7. The maximum atomic E-state index is 11.9. The number of nitrogens with zero attached hydrogens (tertiary/aromatic N) is 3. The van der Waals surface area contributed by atoms with Gasteiger partial charge in [0.2, 0.25) is 0 Å². The highest BCUT2D eigenvalue weighted by Crippen LogP contribution is 2.33. The molecule has 34 heavy (non-hydrogen) atoms. The smallest absolute Gasteiger partial charge is 0.348 e. The number of H-pyrrole nitrogens is 3. The Morgan fingerprint density at radius 1 is 0.941 bits per heavy atom. The van der Waals surface area contributed by atoms with Crippen molar-refractivity contribution in [1.82, 2.24) is 19.7 Å². The van der Waals surface area contributed by atoms with Crippen LogP contribution in [0.2, 0.25) is 0 Å². The Morgan fingerprint density at radius 3 is 2.26 bits per heavy atom. The van der Waals surface area contributed by atoms with E-state index in [1.807, 2.05) is 30.3 Å². The SMILES string of the molecule is O=c1[nH][nH]c(=O)n1-c1ccc(N=C(c2ccccc2)c2c(O)[nH]c3ccc([N+](=O)[O-])cc23)cc1. The predicted octanol–water partition coefficient (Wildman–Crippen LogP) is 3.12. The molecule has 0 aliphatic heterocycles. The van der Waals surface area contributed by atoms with Crippen molar-refractivity contribution in [3.63, 3.8) is 0 Å². The Bertz CT molecular complexity index is 1650. The highest BCUT2D eigenvalue weighted by molar-refractivity contribution is 6.22. The Kier molecular flexibility index (Phi) is 4.90. The number of benzene rings is 3. The summed E-state index contributed by atoms with van der Waals surface area (Å²) in [6.45, 7) is 0. The molecule has 4 N–H and O–H groups in total. The number of aromatic hydroxyl groups is 1. The van der Waals surface area contributed by atoms with Gasteiger partial charge in [0.05, 0.1) is 27.6 Å². The van der Waals surface area contributed by atoms with Gasteiger partial charge in [-0.1, -0.05) is 30.3 Å². The van der Waals surface area contributed by atoms with Crippen molar-refractivity contribution in [2.75, 3.05) is 0 Å². The largest absolute Gasteiger partial charge is 0.494 e. The Hall–Kier alpha value is -5.19. The fraction of sp³-hybridized carbons (Fsp3) is 0. The van der Waals surface area contributed by atoms with Crippen molar-refractivity contribution in [3.05, 3.63) is 115 Å². The number of aromatic nitrogens is 4. The summed E-state index contributed by atoms with van der Waals surface area (Å²) in [7, 11) is 0. The number of aromatic amines is 3. The predicted molar refractivity (Wildman–Crippen MR) is 125 cm³/mol. The number of hydrogen-bond donors (Lipinski definition) is 4. The van der Waals surface area contributed by atoms with E-state index >= 15 is 0 Å². The lowest BCUT2D eigenvalue weighted by molar-refractivity contribution is -0.384. The second-order valence-corrected chi connectivity index (χ2v) is 7.37. The van der Waals surface area contributed by atoms with Crippen molar-refractivity contribution in [1.29, 1.82) is 0 Å². The maximum Gasteiger partial charge on any atom is 0.348 e. The molecule has 0 bridgehead atoms. The first-order chi connectivity index (χ1) is 16.4. The van der Waals surface area contributed by atoms with Crippen LogP contribution in [0.25, 0.3) is 16.6 Å². The first-order valence-electron chi connectivity index (χ1n) is 10.1. The average Bonchev–Trinajstić information content (AvgIpc) is 3.35. The van der Waals surface area contributed by atoms with E-state index in [1.165, 1.54) is 18.2 Å². The van der Waals surface area contributed by atoms with Crippen LogP contribution in [0.1, 0.15) is 11.1 Å². The fourth-order valence-electron chi connectivity index (χ4n) is 3.73. The van der Waals surface area contributed by atoms with Crippen LogP contribution in [-0.2, 0) is 0 Å². The zero-order chi connectivity index (χ0) is 23.8. The van der Waals surface area contributed by atoms with E-state index in [1.54, 1.807) is 24.3 Å². The van der Waals surface area contributed by atoms with Crippen molar-refractivity contribution in [2.45, 2.75) is 0 Å². The number of fused-ring (bicyclic) bond motifs is 1. The van der Waals surface area contributed by atoms with Crippen LogP contribution in [-0.4, -0.2) is 35.5 Å². The van der Waals surface area contributed by atoms with E-state index in [-0.39, 0.29) is 11.6 Å². The average molecular weight is 456 g/mol. The van der Waals surface area contributed by atoms with E-state index in [2.05, 4.69) is 15.2 Å². The first kappa shape index (κ1) is 20.7. The number of hydrogen-bond acceptors (Lipinski definition) is 6. The van der Waals surface area contributed by atoms with Gasteiger partial charge in [-0.3, -0.25) is 10.1 Å². The summed E-state index contributed by atoms with van der Waals surface area (Å²) in [6.07, 6.45) is 0. The van der Waals surface area contributed by atoms with Gasteiger partial charge in [0.25, 0.3) is 5.69 Å². The Morgan fingerprint density at radius 2 is 1.62 bits per heavy atom. The molecule has 2 heterocycles. The molecular weight excluding hydrogens is 440 g/mol. The molecule has 0 fully saturated rings. The van der Waals surface area contributed by atoms with Gasteiger partial charge < -0.3 is 10.1 Å². The minimum absolute atomic E-state index is 0.119. The number of non-ortho nitro benzene ring substituents is 1. The second kappa shape index (κ2) is 8.06. The van der Waals surface area contributed by atoms with Gasteiger partial charge in [-0.05, 0) is 30.3 Å². The third-order valence-electron chi connectivity index (χ3n) is 5.29. The fourth-order valence-corrected chi connectivity index (χ4v) is 3.73. The van der Waals surface area contributed by atoms with Crippen molar-refractivity contribution in [3.8, 4) is 11.6 Å². The second-order valence-electron chi connectivity index (χ2n) is 7.37. The summed E-state index contributed by atoms with van der Waals surface area (Å²) in [5.41, 5.74) is 1.39. The maximum absolute atomic E-state index is 11.9. The molecular formula is C23H16N6O5. The summed E-state index contributed by atoms with van der Waals surface area (Å²) in [5.74, 6) is -0.180. The van der Waals surface area contributed by atoms with Gasteiger partial charge >= 0.3 is 11.4 Å². The molecule has 0 aliphatic carbocycles. The van der Waals surface area contributed by atoms with Crippen LogP contribution in [0.5, 0.6) is 5.88 Å². The third-order valence-corrected chi connectivity index (χ3v) is 5.29. The minimum Gasteiger partial charge on any atom is -0.494 e. The number of aliphatic imine (C=N–C) groups is 1. The molecule has 0 saturated heterocycles. The van der Waals surface area contributed by atoms with E-state index in [9.17, 15) is 24.8 Å². The lowest BCUT2D eigenvalue weighted by atomic mass is 10.0. The molecule has 0 aliphatic rings. The molecule has 0 atom stereocenters. The molecule has 11 nitrogen and oxygen atoms in total. The molecule has 0 saturated carbocycles. The molecule has 0 unspecified atom stereocenters. The van der Waals surface area contributed by atoms with E-state index in [0.717, 1.165) is 4.57 Å². The normalized spacial score (nSPS) is 11.7. The van der Waals surface area contributed by atoms with Gasteiger partial charge in [0.1, 0.15) is 0 Å². The lowest BCUT2D eigenvalue weighted by Gasteiger charge is -2.08. The highest BCUT2D eigenvalue weighted by atomic mass is 16.6. The topological polar surface area (TPSA) is 162 Å². The number of nitro groups is 1. The standard InChI is InChI=1S/C23H16N6O5/c30-21-19(17-12-16(29(33)34)10-11-18(17)25-21)20(13-4-2-1-3-5-13)24-14-6-8-15(9-7-14)28-22(31)26-27-23(28)32/h1-12,25,30H,(H,26,31)(H,27,32). The van der Waals surface area contributed by atoms with Crippen LogP contribution >= 0.6 is 0 Å². The van der Waals surface area contributed by atoms with Gasteiger partial charge in [-0.25, -0.2) is 29.3 Å². The number of nitro benzene ring substituents is 1. The molecule has 0 radical (unpaired) electrons. The molecule has 2 aromatic heterocycles. The zero-order valence-electron chi connectivity index (χ0n) is 17.4. The van der Waals surface area contributed by atoms with Gasteiger partial charge in [-0.15, -0.1) is 0 Å². The van der Waals surface area contributed by atoms with Gasteiger partial charge in [0, 0.05) is 28.6 Å². The van der Waals surface area contributed by atoms with Crippen molar-refractivity contribution < 1.29 is 10.0 Å². The number of rotatable bonds is 5. The van der Waals surface area contributed by atoms with E-state index in [0.29, 0.717) is 39.1 Å². The van der Waals surface area contributed by atoms with Gasteiger partial charge in [-0.2, -0.15) is 0 Å².